The van der Waals surface area contributed by atoms with E-state index in [0.29, 0.717) is 0 Å². The lowest BCUT2D eigenvalue weighted by Gasteiger charge is -2.33. The summed E-state index contributed by atoms with van der Waals surface area (Å²) in [6.07, 6.45) is 0. The average Bonchev–Trinajstić information content (AvgIpc) is 3.66. The molecule has 0 radical (unpaired) electrons. The van der Waals surface area contributed by atoms with E-state index in [1.165, 1.54) is 42.4 Å². The number of nitrogens with zero attached hydrogens (tertiary/aromatic N) is 3. The molecule has 0 saturated heterocycles. The standard InChI is InChI=1S/C56H43N3S/c1-40-16-14-24-48(34-40)58(45-20-8-4-9-21-45)51-37-50(38-52(39-51)59(46-22-10-5-11-23-46)49-25-15-17-41(2)35-49)57(44-18-6-3-7-19-44)47-31-28-42(29-32-47)43-30-33-56-54(36-43)53-26-12-13-27-55(53)60-56/h3-39H,1-2H3. The number of fused-ring (bicyclic) bond motifs is 3. The minimum Gasteiger partial charge on any atom is -0.310 e. The second-order valence-corrected chi connectivity index (χ2v) is 16.3. The largest absolute Gasteiger partial charge is 0.310 e. The molecule has 0 saturated carbocycles. The maximum atomic E-state index is 2.38. The van der Waals surface area contributed by atoms with Gasteiger partial charge in [0.15, 0.2) is 0 Å². The van der Waals surface area contributed by atoms with E-state index >= 15 is 0 Å². The van der Waals surface area contributed by atoms with Crippen molar-refractivity contribution in [3.8, 4) is 11.1 Å². The van der Waals surface area contributed by atoms with Crippen LogP contribution >= 0.6 is 11.3 Å². The fourth-order valence-corrected chi connectivity index (χ4v) is 9.37. The first-order valence-corrected chi connectivity index (χ1v) is 21.2. The normalized spacial score (nSPS) is 11.2. The molecule has 10 rings (SSSR count). The number of thiophene rings is 1. The van der Waals surface area contributed by atoms with E-state index in [9.17, 15) is 0 Å². The molecule has 1 aromatic heterocycles. The summed E-state index contributed by atoms with van der Waals surface area (Å²) in [5, 5.41) is 2.62. The second-order valence-electron chi connectivity index (χ2n) is 15.3. The zero-order chi connectivity index (χ0) is 40.4. The molecule has 1 heterocycles. The van der Waals surface area contributed by atoms with Crippen molar-refractivity contribution in [2.75, 3.05) is 14.7 Å². The van der Waals surface area contributed by atoms with Crippen LogP contribution in [0, 0.1) is 13.8 Å². The summed E-state index contributed by atoms with van der Waals surface area (Å²) in [7, 11) is 0. The number of rotatable bonds is 10. The Hall–Kier alpha value is -7.40. The van der Waals surface area contributed by atoms with E-state index in [1.807, 2.05) is 11.3 Å². The number of para-hydroxylation sites is 3. The molecule has 3 nitrogen and oxygen atoms in total. The van der Waals surface area contributed by atoms with Gasteiger partial charge in [-0.15, -0.1) is 11.3 Å². The number of benzene rings is 9. The molecule has 0 spiro atoms. The highest BCUT2D eigenvalue weighted by Gasteiger charge is 2.22. The number of hydrogen-bond acceptors (Lipinski definition) is 4. The van der Waals surface area contributed by atoms with Crippen LogP contribution in [0.15, 0.2) is 224 Å². The molecular weight excluding hydrogens is 747 g/mol. The smallest absolute Gasteiger partial charge is 0.0503 e. The molecule has 9 aromatic carbocycles. The number of aryl methyl sites for hydroxylation is 2. The van der Waals surface area contributed by atoms with Crippen LogP contribution in [0.2, 0.25) is 0 Å². The van der Waals surface area contributed by atoms with Crippen LogP contribution in [0.5, 0.6) is 0 Å². The van der Waals surface area contributed by atoms with E-state index in [2.05, 4.69) is 253 Å². The molecule has 4 heteroatoms. The molecule has 0 atom stereocenters. The highest BCUT2D eigenvalue weighted by atomic mass is 32.1. The molecule has 0 amide bonds. The SMILES string of the molecule is Cc1cccc(N(c2ccccc2)c2cc(N(c3ccccc3)c3ccc(-c4ccc5sc6ccccc6c5c4)cc3)cc(N(c3ccccc3)c3cccc(C)c3)c2)c1. The summed E-state index contributed by atoms with van der Waals surface area (Å²) in [5.41, 5.74) is 14.4. The Morgan fingerprint density at radius 1 is 0.267 bits per heavy atom. The third kappa shape index (κ3) is 7.30. The maximum Gasteiger partial charge on any atom is 0.0503 e. The summed E-state index contributed by atoms with van der Waals surface area (Å²) >= 11 is 1.86. The van der Waals surface area contributed by atoms with Gasteiger partial charge in [0.25, 0.3) is 0 Å². The van der Waals surface area contributed by atoms with Gasteiger partial charge >= 0.3 is 0 Å². The van der Waals surface area contributed by atoms with Crippen LogP contribution in [0.25, 0.3) is 31.3 Å². The topological polar surface area (TPSA) is 9.72 Å². The van der Waals surface area contributed by atoms with E-state index in [4.69, 9.17) is 0 Å². The molecule has 0 unspecified atom stereocenters. The van der Waals surface area contributed by atoms with Crippen molar-refractivity contribution in [1.29, 1.82) is 0 Å². The first kappa shape index (κ1) is 36.9. The Labute approximate surface area is 356 Å². The highest BCUT2D eigenvalue weighted by molar-refractivity contribution is 7.25. The van der Waals surface area contributed by atoms with Gasteiger partial charge in [-0.3, -0.25) is 0 Å². The Kier molecular flexibility index (Phi) is 9.90. The average molecular weight is 790 g/mol. The molecule has 10 aromatic rings. The van der Waals surface area contributed by atoms with Gasteiger partial charge < -0.3 is 14.7 Å². The van der Waals surface area contributed by atoms with Crippen molar-refractivity contribution in [3.05, 3.63) is 236 Å². The molecule has 0 aliphatic rings. The van der Waals surface area contributed by atoms with E-state index in [0.717, 1.165) is 51.2 Å². The zero-order valence-corrected chi connectivity index (χ0v) is 34.4. The van der Waals surface area contributed by atoms with Gasteiger partial charge in [-0.2, -0.15) is 0 Å². The molecule has 288 valence electrons. The molecule has 0 N–H and O–H groups in total. The molecule has 0 bridgehead atoms. The maximum absolute atomic E-state index is 2.38. The minimum absolute atomic E-state index is 1.04. The van der Waals surface area contributed by atoms with Gasteiger partial charge in [0.1, 0.15) is 0 Å². The van der Waals surface area contributed by atoms with Crippen LogP contribution < -0.4 is 14.7 Å². The highest BCUT2D eigenvalue weighted by Crippen LogP contribution is 2.46. The molecule has 60 heavy (non-hydrogen) atoms. The minimum atomic E-state index is 1.04. The van der Waals surface area contributed by atoms with Gasteiger partial charge in [-0.25, -0.2) is 0 Å². The third-order valence-electron chi connectivity index (χ3n) is 11.1. The summed E-state index contributed by atoms with van der Waals surface area (Å²) in [6, 6.07) is 81.2. The van der Waals surface area contributed by atoms with E-state index in [-0.39, 0.29) is 0 Å². The van der Waals surface area contributed by atoms with Gasteiger partial charge in [0, 0.05) is 54.3 Å². The fourth-order valence-electron chi connectivity index (χ4n) is 8.28. The van der Waals surface area contributed by atoms with E-state index < -0.39 is 0 Å². The van der Waals surface area contributed by atoms with Crippen molar-refractivity contribution in [3.63, 3.8) is 0 Å². The Bertz CT molecular complexity index is 2960. The van der Waals surface area contributed by atoms with Crippen molar-refractivity contribution in [2.45, 2.75) is 13.8 Å². The summed E-state index contributed by atoms with van der Waals surface area (Å²) in [4.78, 5) is 7.12. The van der Waals surface area contributed by atoms with E-state index in [1.54, 1.807) is 0 Å². The molecular formula is C56H43N3S. The predicted octanol–water partition coefficient (Wildman–Crippen LogP) is 16.7. The number of anilines is 9. The molecule has 0 aliphatic heterocycles. The van der Waals surface area contributed by atoms with Gasteiger partial charge in [-0.1, -0.05) is 115 Å². The molecule has 0 fully saturated rings. The first-order valence-electron chi connectivity index (χ1n) is 20.4. The van der Waals surface area contributed by atoms with Crippen LogP contribution in [0.3, 0.4) is 0 Å². The van der Waals surface area contributed by atoms with Gasteiger partial charge in [0.05, 0.1) is 17.1 Å². The Morgan fingerprint density at radius 3 is 1.17 bits per heavy atom. The first-order chi connectivity index (χ1) is 29.6. The zero-order valence-electron chi connectivity index (χ0n) is 33.6. The van der Waals surface area contributed by atoms with Crippen LogP contribution in [0.1, 0.15) is 11.1 Å². The van der Waals surface area contributed by atoms with Crippen molar-refractivity contribution >= 4 is 82.7 Å². The quantitative estimate of drug-likeness (QED) is 0.137. The third-order valence-corrected chi connectivity index (χ3v) is 12.2. The van der Waals surface area contributed by atoms with Gasteiger partial charge in [-0.05, 0) is 145 Å². The van der Waals surface area contributed by atoms with Crippen LogP contribution in [-0.4, -0.2) is 0 Å². The lowest BCUT2D eigenvalue weighted by molar-refractivity contribution is 1.22. The summed E-state index contributed by atoms with van der Waals surface area (Å²) in [5.74, 6) is 0. The lowest BCUT2D eigenvalue weighted by Crippen LogP contribution is -2.16. The molecule has 0 aliphatic carbocycles. The fraction of sp³-hybridized carbons (Fsp3) is 0.0357. The Morgan fingerprint density at radius 2 is 0.667 bits per heavy atom. The van der Waals surface area contributed by atoms with Crippen LogP contribution in [0.4, 0.5) is 51.2 Å². The number of hydrogen-bond donors (Lipinski definition) is 0. The van der Waals surface area contributed by atoms with Crippen LogP contribution in [-0.2, 0) is 0 Å². The summed E-state index contributed by atoms with van der Waals surface area (Å²) < 4.78 is 2.63. The monoisotopic (exact) mass is 789 g/mol. The van der Waals surface area contributed by atoms with Gasteiger partial charge in [0.2, 0.25) is 0 Å². The summed E-state index contributed by atoms with van der Waals surface area (Å²) in [6.45, 7) is 4.32. The van der Waals surface area contributed by atoms with Crippen molar-refractivity contribution in [2.24, 2.45) is 0 Å². The Balaban J connectivity index is 1.18. The predicted molar refractivity (Wildman–Crippen MR) is 258 cm³/mol. The van der Waals surface area contributed by atoms with Crippen molar-refractivity contribution < 1.29 is 0 Å². The van der Waals surface area contributed by atoms with Crippen molar-refractivity contribution in [1.82, 2.24) is 0 Å². The lowest BCUT2D eigenvalue weighted by atomic mass is 10.0. The second kappa shape index (κ2) is 16.1.